The second kappa shape index (κ2) is 8.32. The molecule has 0 aliphatic rings. The summed E-state index contributed by atoms with van der Waals surface area (Å²) in [5.74, 6) is 0.519. The maximum Gasteiger partial charge on any atom is 0.185 e. The smallest absolute Gasteiger partial charge is 0.185 e. The molecule has 1 rings (SSSR count). The predicted molar refractivity (Wildman–Crippen MR) is 77.9 cm³/mol. The Hall–Kier alpha value is -0.880. The average molecular weight is 283 g/mol. The van der Waals surface area contributed by atoms with Crippen LogP contribution in [-0.2, 0) is 11.3 Å². The molecule has 0 aromatic heterocycles. The topological polar surface area (TPSA) is 69.6 Å². The molecule has 106 valence electrons. The Morgan fingerprint density at radius 3 is 2.47 bits per heavy atom. The van der Waals surface area contributed by atoms with Crippen LogP contribution >= 0.6 is 11.8 Å². The molecule has 2 atom stereocenters. The third-order valence-corrected chi connectivity index (χ3v) is 3.63. The lowest BCUT2D eigenvalue weighted by Crippen LogP contribution is -2.19. The minimum absolute atomic E-state index is 0.0260. The van der Waals surface area contributed by atoms with Crippen molar-refractivity contribution < 1.29 is 15.0 Å². The van der Waals surface area contributed by atoms with Crippen LogP contribution < -0.4 is 5.32 Å². The summed E-state index contributed by atoms with van der Waals surface area (Å²) < 4.78 is 0. The van der Waals surface area contributed by atoms with E-state index in [-0.39, 0.29) is 5.12 Å². The van der Waals surface area contributed by atoms with E-state index in [1.54, 1.807) is 0 Å². The van der Waals surface area contributed by atoms with Gasteiger partial charge in [-0.3, -0.25) is 4.79 Å². The fourth-order valence-corrected chi connectivity index (χ4v) is 2.39. The first-order valence-electron chi connectivity index (χ1n) is 6.27. The van der Waals surface area contributed by atoms with Gasteiger partial charge in [-0.1, -0.05) is 36.0 Å². The van der Waals surface area contributed by atoms with Crippen LogP contribution in [-0.4, -0.2) is 34.2 Å². The number of aliphatic hydroxyl groups is 2. The molecule has 2 unspecified atom stereocenters. The summed E-state index contributed by atoms with van der Waals surface area (Å²) >= 11 is 1.16. The van der Waals surface area contributed by atoms with Gasteiger partial charge in [-0.15, -0.1) is 0 Å². The van der Waals surface area contributed by atoms with E-state index >= 15 is 0 Å². The maximum absolute atomic E-state index is 10.8. The van der Waals surface area contributed by atoms with Crippen molar-refractivity contribution in [1.82, 2.24) is 5.32 Å². The Labute approximate surface area is 118 Å². The second-order valence-corrected chi connectivity index (χ2v) is 5.68. The molecule has 0 radical (unpaired) electrons. The van der Waals surface area contributed by atoms with E-state index in [0.29, 0.717) is 17.7 Å². The van der Waals surface area contributed by atoms with Gasteiger partial charge in [0.05, 0.1) is 6.10 Å². The standard InChI is InChI=1S/C14H21NO3S/c1-10(16)19-8-7-13(17)14(18)12-5-3-11(4-6-12)9-15-2/h3-6,13-15,17-18H,7-9H2,1-2H3. The van der Waals surface area contributed by atoms with Crippen molar-refractivity contribution in [2.45, 2.75) is 32.1 Å². The first kappa shape index (κ1) is 16.2. The monoisotopic (exact) mass is 283 g/mol. The number of nitrogens with one attached hydrogen (secondary N) is 1. The van der Waals surface area contributed by atoms with Crippen LogP contribution in [0.3, 0.4) is 0 Å². The molecule has 0 fully saturated rings. The van der Waals surface area contributed by atoms with Crippen molar-refractivity contribution in [1.29, 1.82) is 0 Å². The van der Waals surface area contributed by atoms with Gasteiger partial charge in [-0.25, -0.2) is 0 Å². The van der Waals surface area contributed by atoms with Gasteiger partial charge in [-0.2, -0.15) is 0 Å². The first-order valence-corrected chi connectivity index (χ1v) is 7.26. The van der Waals surface area contributed by atoms with Crippen LogP contribution in [0, 0.1) is 0 Å². The Kier molecular flexibility index (Phi) is 7.09. The Bertz CT molecular complexity index is 394. The van der Waals surface area contributed by atoms with Crippen molar-refractivity contribution >= 4 is 16.9 Å². The van der Waals surface area contributed by atoms with Gasteiger partial charge in [0.15, 0.2) is 5.12 Å². The highest BCUT2D eigenvalue weighted by atomic mass is 32.2. The van der Waals surface area contributed by atoms with E-state index in [0.717, 1.165) is 23.9 Å². The van der Waals surface area contributed by atoms with Crippen molar-refractivity contribution in [3.8, 4) is 0 Å². The van der Waals surface area contributed by atoms with Gasteiger partial charge in [0, 0.05) is 19.2 Å². The zero-order valence-corrected chi connectivity index (χ0v) is 12.1. The summed E-state index contributed by atoms with van der Waals surface area (Å²) in [6.07, 6.45) is -1.36. The predicted octanol–water partition coefficient (Wildman–Crippen LogP) is 1.47. The van der Waals surface area contributed by atoms with Gasteiger partial charge in [-0.05, 0) is 24.6 Å². The van der Waals surface area contributed by atoms with Crippen LogP contribution in [0.4, 0.5) is 0 Å². The molecule has 1 aromatic rings. The number of aliphatic hydroxyl groups excluding tert-OH is 2. The second-order valence-electron chi connectivity index (χ2n) is 4.41. The molecule has 0 aliphatic heterocycles. The molecule has 0 spiro atoms. The molecule has 0 aliphatic carbocycles. The van der Waals surface area contributed by atoms with Crippen LogP contribution in [0.1, 0.15) is 30.6 Å². The molecule has 0 amide bonds. The zero-order valence-electron chi connectivity index (χ0n) is 11.3. The fourth-order valence-electron chi connectivity index (χ4n) is 1.74. The minimum Gasteiger partial charge on any atom is -0.390 e. The number of hydrogen-bond donors (Lipinski definition) is 3. The van der Waals surface area contributed by atoms with E-state index in [1.165, 1.54) is 6.92 Å². The lowest BCUT2D eigenvalue weighted by Gasteiger charge is -2.18. The number of carbonyl (C=O) groups is 1. The molecule has 0 saturated heterocycles. The van der Waals surface area contributed by atoms with Crippen molar-refractivity contribution in [3.05, 3.63) is 35.4 Å². The van der Waals surface area contributed by atoms with E-state index in [1.807, 2.05) is 31.3 Å². The maximum atomic E-state index is 10.8. The van der Waals surface area contributed by atoms with Gasteiger partial charge >= 0.3 is 0 Å². The third-order valence-electron chi connectivity index (χ3n) is 2.79. The molecular weight excluding hydrogens is 262 g/mol. The lowest BCUT2D eigenvalue weighted by atomic mass is 10.0. The van der Waals surface area contributed by atoms with Crippen LogP contribution in [0.5, 0.6) is 0 Å². The van der Waals surface area contributed by atoms with Crippen LogP contribution in [0.15, 0.2) is 24.3 Å². The largest absolute Gasteiger partial charge is 0.390 e. The fraction of sp³-hybridized carbons (Fsp3) is 0.500. The zero-order chi connectivity index (χ0) is 14.3. The summed E-state index contributed by atoms with van der Waals surface area (Å²) in [5.41, 5.74) is 1.82. The molecule has 4 nitrogen and oxygen atoms in total. The van der Waals surface area contributed by atoms with Gasteiger partial charge in [0.25, 0.3) is 0 Å². The van der Waals surface area contributed by atoms with Gasteiger partial charge in [0.2, 0.25) is 0 Å². The van der Waals surface area contributed by atoms with E-state index in [4.69, 9.17) is 0 Å². The van der Waals surface area contributed by atoms with E-state index in [9.17, 15) is 15.0 Å². The number of benzene rings is 1. The van der Waals surface area contributed by atoms with E-state index in [2.05, 4.69) is 5.32 Å². The summed E-state index contributed by atoms with van der Waals surface area (Å²) in [4.78, 5) is 10.8. The molecule has 19 heavy (non-hydrogen) atoms. The molecule has 5 heteroatoms. The SMILES string of the molecule is CNCc1ccc(C(O)C(O)CCSC(C)=O)cc1. The highest BCUT2D eigenvalue weighted by molar-refractivity contribution is 8.13. The Balaban J connectivity index is 2.51. The molecule has 0 bridgehead atoms. The van der Waals surface area contributed by atoms with Gasteiger partial charge < -0.3 is 15.5 Å². The molecule has 3 N–H and O–H groups in total. The molecule has 1 aromatic carbocycles. The quantitative estimate of drug-likeness (QED) is 0.707. The minimum atomic E-state index is -0.906. The summed E-state index contributed by atoms with van der Waals surface area (Å²) in [6.45, 7) is 2.27. The highest BCUT2D eigenvalue weighted by Crippen LogP contribution is 2.21. The lowest BCUT2D eigenvalue weighted by molar-refractivity contribution is -0.109. The van der Waals surface area contributed by atoms with Crippen molar-refractivity contribution in [3.63, 3.8) is 0 Å². The van der Waals surface area contributed by atoms with Crippen LogP contribution in [0.25, 0.3) is 0 Å². The molecule has 0 saturated carbocycles. The number of hydrogen-bond acceptors (Lipinski definition) is 5. The van der Waals surface area contributed by atoms with Crippen molar-refractivity contribution in [2.24, 2.45) is 0 Å². The first-order chi connectivity index (χ1) is 9.04. The number of carbonyl (C=O) groups excluding carboxylic acids is 1. The third kappa shape index (κ3) is 5.74. The summed E-state index contributed by atoms with van der Waals surface area (Å²) in [5, 5.41) is 23.0. The van der Waals surface area contributed by atoms with Crippen LogP contribution in [0.2, 0.25) is 0 Å². The molecular formula is C14H21NO3S. The summed E-state index contributed by atoms with van der Waals surface area (Å²) in [7, 11) is 1.87. The average Bonchev–Trinajstić information content (AvgIpc) is 2.38. The van der Waals surface area contributed by atoms with Crippen molar-refractivity contribution in [2.75, 3.05) is 12.8 Å². The molecule has 0 heterocycles. The highest BCUT2D eigenvalue weighted by Gasteiger charge is 2.18. The normalized spacial score (nSPS) is 14.1. The Morgan fingerprint density at radius 1 is 1.32 bits per heavy atom. The van der Waals surface area contributed by atoms with Gasteiger partial charge in [0.1, 0.15) is 6.10 Å². The van der Waals surface area contributed by atoms with E-state index < -0.39 is 12.2 Å². The number of thioether (sulfide) groups is 1. The number of rotatable bonds is 7. The summed E-state index contributed by atoms with van der Waals surface area (Å²) in [6, 6.07) is 7.48. The Morgan fingerprint density at radius 2 is 1.95 bits per heavy atom.